The van der Waals surface area contributed by atoms with E-state index in [0.29, 0.717) is 12.5 Å². The number of rotatable bonds is 10. The summed E-state index contributed by atoms with van der Waals surface area (Å²) in [5.41, 5.74) is -1.25. The number of hydrogen-bond acceptors (Lipinski definition) is 10. The van der Waals surface area contributed by atoms with E-state index in [0.717, 1.165) is 41.4 Å². The van der Waals surface area contributed by atoms with Gasteiger partial charge < -0.3 is 30.1 Å². The highest BCUT2D eigenvalue weighted by Gasteiger charge is 2.49. The first-order valence-corrected chi connectivity index (χ1v) is 14.2. The summed E-state index contributed by atoms with van der Waals surface area (Å²) in [5, 5.41) is 54.3. The number of carbonyl (C=O) groups excluding carboxylic acids is 1. The molecule has 7 atom stereocenters. The Morgan fingerprint density at radius 1 is 1.21 bits per heavy atom. The summed E-state index contributed by atoms with van der Waals surface area (Å²) in [6.45, 7) is -0.174. The van der Waals surface area contributed by atoms with Crippen LogP contribution in [0.1, 0.15) is 30.7 Å². The first-order chi connectivity index (χ1) is 20.0. The zero-order valence-corrected chi connectivity index (χ0v) is 23.5. The predicted molar refractivity (Wildman–Crippen MR) is 142 cm³/mol. The molecule has 2 fully saturated rings. The molecule has 3 heterocycles. The lowest BCUT2D eigenvalue weighted by molar-refractivity contribution is -0.178. The lowest BCUT2D eigenvalue weighted by Crippen LogP contribution is -2.56. The molecule has 0 spiro atoms. The summed E-state index contributed by atoms with van der Waals surface area (Å²) < 4.78 is 49.4. The molecule has 1 aliphatic carbocycles. The van der Waals surface area contributed by atoms with Gasteiger partial charge in [-0.2, -0.15) is 5.10 Å². The summed E-state index contributed by atoms with van der Waals surface area (Å²) in [7, 11) is 3.28. The van der Waals surface area contributed by atoms with Crippen LogP contribution < -0.4 is 0 Å². The summed E-state index contributed by atoms with van der Waals surface area (Å²) in [4.78, 5) is 15.1. The minimum absolute atomic E-state index is 0.0798. The van der Waals surface area contributed by atoms with E-state index in [4.69, 9.17) is 4.74 Å². The maximum absolute atomic E-state index is 13.8. The maximum Gasteiger partial charge on any atom is 0.238 e. The number of aliphatic hydroxyl groups excluding tert-OH is 4. The number of aryl methyl sites for hydroxylation is 1. The number of hydrogen-bond donors (Lipinski definition) is 4. The third kappa shape index (κ3) is 6.18. The maximum atomic E-state index is 13.8. The Morgan fingerprint density at radius 3 is 2.50 bits per heavy atom. The quantitative estimate of drug-likeness (QED) is 0.241. The van der Waals surface area contributed by atoms with Gasteiger partial charge in [0.15, 0.2) is 17.5 Å². The van der Waals surface area contributed by atoms with E-state index in [9.17, 15) is 38.4 Å². The van der Waals surface area contributed by atoms with Crippen molar-refractivity contribution in [2.24, 2.45) is 13.0 Å². The molecule has 42 heavy (non-hydrogen) atoms. The first-order valence-electron chi connectivity index (χ1n) is 13.3. The minimum atomic E-state index is -1.65. The molecule has 2 aliphatic rings. The van der Waals surface area contributed by atoms with Gasteiger partial charge in [0.1, 0.15) is 46.8 Å². The van der Waals surface area contributed by atoms with Crippen LogP contribution in [0.2, 0.25) is 0 Å². The highest BCUT2D eigenvalue weighted by molar-refractivity contribution is 8.01. The van der Waals surface area contributed by atoms with Crippen LogP contribution in [-0.2, 0) is 16.6 Å². The summed E-state index contributed by atoms with van der Waals surface area (Å²) in [6, 6.07) is 1.72. The van der Waals surface area contributed by atoms with Gasteiger partial charge in [0, 0.05) is 32.4 Å². The van der Waals surface area contributed by atoms with Gasteiger partial charge in [-0.1, -0.05) is 5.21 Å². The SMILES string of the molecule is CN(CC1CC1)C(=O)C(S[C@@H]1O[C@H](CO)[C@H](O)[C@H](n2cc(-c3cc(F)c(F)c(F)c3)nn2)[C@H]1O)C(O)c1ccn(C)n1. The van der Waals surface area contributed by atoms with Crippen LogP contribution >= 0.6 is 11.8 Å². The fourth-order valence-electron chi connectivity index (χ4n) is 4.90. The standard InChI is InChI=1S/C26H31F3N6O6S/c1-33(9-12-3-4-12)25(40)24(21(37)16-5-6-34(2)31-16)42-26-23(39)20(22(38)18(11-36)41-26)35-10-17(30-32-35)13-7-14(27)19(29)15(28)8-13/h5-8,10,12,18,20-24,26,36-39H,3-4,9,11H2,1-2H3/t18-,20+,21?,22+,23-,24?,26+/m1/s1. The van der Waals surface area contributed by atoms with Crippen molar-refractivity contribution in [1.29, 1.82) is 0 Å². The van der Waals surface area contributed by atoms with Gasteiger partial charge in [0.05, 0.1) is 18.5 Å². The zero-order valence-electron chi connectivity index (χ0n) is 22.7. The van der Waals surface area contributed by atoms with Gasteiger partial charge in [-0.15, -0.1) is 16.9 Å². The number of nitrogens with zero attached hydrogens (tertiary/aromatic N) is 6. The third-order valence-electron chi connectivity index (χ3n) is 7.40. The lowest BCUT2D eigenvalue weighted by atomic mass is 9.97. The molecule has 12 nitrogen and oxygen atoms in total. The second-order valence-electron chi connectivity index (χ2n) is 10.6. The summed E-state index contributed by atoms with van der Waals surface area (Å²) >= 11 is 0.811. The van der Waals surface area contributed by atoms with Gasteiger partial charge >= 0.3 is 0 Å². The van der Waals surface area contributed by atoms with E-state index < -0.39 is 71.1 Å². The molecular weight excluding hydrogens is 581 g/mol. The monoisotopic (exact) mass is 612 g/mol. The van der Waals surface area contributed by atoms with Crippen molar-refractivity contribution in [3.63, 3.8) is 0 Å². The van der Waals surface area contributed by atoms with E-state index in [1.807, 2.05) is 0 Å². The molecule has 16 heteroatoms. The van der Waals surface area contributed by atoms with Crippen molar-refractivity contribution in [3.05, 3.63) is 53.7 Å². The molecule has 4 N–H and O–H groups in total. The first kappa shape index (κ1) is 30.4. The van der Waals surface area contributed by atoms with Crippen molar-refractivity contribution in [1.82, 2.24) is 29.7 Å². The zero-order chi connectivity index (χ0) is 30.3. The highest BCUT2D eigenvalue weighted by Crippen LogP contribution is 2.40. The molecular formula is C26H31F3N6O6S. The Bertz CT molecular complexity index is 1400. The number of ether oxygens (including phenoxy) is 1. The van der Waals surface area contributed by atoms with E-state index in [-0.39, 0.29) is 17.0 Å². The normalized spacial score (nSPS) is 25.8. The molecule has 3 aromatic rings. The largest absolute Gasteiger partial charge is 0.394 e. The Balaban J connectivity index is 1.43. The number of benzene rings is 1. The second kappa shape index (κ2) is 12.3. The van der Waals surface area contributed by atoms with Crippen molar-refractivity contribution >= 4 is 17.7 Å². The van der Waals surface area contributed by atoms with Crippen molar-refractivity contribution < 1.29 is 43.1 Å². The fraction of sp³-hybridized carbons (Fsp3) is 0.538. The number of carbonyl (C=O) groups is 1. The summed E-state index contributed by atoms with van der Waals surface area (Å²) in [5.74, 6) is -4.57. The Labute approximate surface area is 242 Å². The van der Waals surface area contributed by atoms with E-state index in [1.165, 1.54) is 15.8 Å². The fourth-order valence-corrected chi connectivity index (χ4v) is 6.31. The molecule has 5 rings (SSSR count). The van der Waals surface area contributed by atoms with Gasteiger partial charge in [-0.3, -0.25) is 9.48 Å². The van der Waals surface area contributed by atoms with Crippen LogP contribution in [0.15, 0.2) is 30.6 Å². The third-order valence-corrected chi connectivity index (χ3v) is 8.81. The molecule has 0 bridgehead atoms. The van der Waals surface area contributed by atoms with Gasteiger partial charge in [-0.25, -0.2) is 17.9 Å². The minimum Gasteiger partial charge on any atom is -0.394 e. The van der Waals surface area contributed by atoms with Crippen LogP contribution in [0.5, 0.6) is 0 Å². The lowest BCUT2D eigenvalue weighted by Gasteiger charge is -2.43. The van der Waals surface area contributed by atoms with Crippen LogP contribution in [0, 0.1) is 23.4 Å². The number of amides is 1. The van der Waals surface area contributed by atoms with Gasteiger partial charge in [0.2, 0.25) is 5.91 Å². The number of thioether (sulfide) groups is 1. The average Bonchev–Trinajstić information content (AvgIpc) is 3.45. The highest BCUT2D eigenvalue weighted by atomic mass is 32.2. The number of aliphatic hydroxyl groups is 4. The molecule has 228 valence electrons. The predicted octanol–water partition coefficient (Wildman–Crippen LogP) is 0.780. The van der Waals surface area contributed by atoms with Crippen LogP contribution in [-0.4, -0.2) is 105 Å². The van der Waals surface area contributed by atoms with Crippen molar-refractivity contribution in [2.75, 3.05) is 20.2 Å². The molecule has 1 aromatic carbocycles. The molecule has 2 unspecified atom stereocenters. The van der Waals surface area contributed by atoms with Gasteiger partial charge in [0.25, 0.3) is 0 Å². The summed E-state index contributed by atoms with van der Waals surface area (Å²) in [6.07, 6.45) is -0.917. The Morgan fingerprint density at radius 2 is 1.90 bits per heavy atom. The average molecular weight is 613 g/mol. The van der Waals surface area contributed by atoms with E-state index in [2.05, 4.69) is 15.4 Å². The van der Waals surface area contributed by atoms with E-state index >= 15 is 0 Å². The van der Waals surface area contributed by atoms with E-state index in [1.54, 1.807) is 26.4 Å². The Kier molecular flexibility index (Phi) is 8.91. The molecule has 1 saturated heterocycles. The smallest absolute Gasteiger partial charge is 0.238 e. The van der Waals surface area contributed by atoms with Gasteiger partial charge in [-0.05, 0) is 37.0 Å². The molecule has 0 radical (unpaired) electrons. The number of halogens is 3. The second-order valence-corrected chi connectivity index (χ2v) is 11.9. The number of aromatic nitrogens is 5. The van der Waals surface area contributed by atoms with Crippen LogP contribution in [0.25, 0.3) is 11.3 Å². The molecule has 1 saturated carbocycles. The molecule has 2 aromatic heterocycles. The topological polar surface area (TPSA) is 159 Å². The molecule has 1 aliphatic heterocycles. The Hall–Kier alpha value is -3.02. The van der Waals surface area contributed by atoms with Crippen molar-refractivity contribution in [3.8, 4) is 11.3 Å². The van der Waals surface area contributed by atoms with Crippen LogP contribution in [0.3, 0.4) is 0 Å². The van der Waals surface area contributed by atoms with Crippen molar-refractivity contribution in [2.45, 2.75) is 54.0 Å². The van der Waals surface area contributed by atoms with Crippen LogP contribution in [0.4, 0.5) is 13.2 Å². The molecule has 1 amide bonds.